The van der Waals surface area contributed by atoms with Gasteiger partial charge in [0.25, 0.3) is 0 Å². The van der Waals surface area contributed by atoms with Gasteiger partial charge in [-0.1, -0.05) is 12.5 Å². The molecule has 0 aromatic carbocycles. The fraction of sp³-hybridized carbons (Fsp3) is 0.438. The second-order valence-electron chi connectivity index (χ2n) is 6.25. The number of rotatable bonds is 1. The summed E-state index contributed by atoms with van der Waals surface area (Å²) in [5.74, 6) is 1.64. The summed E-state index contributed by atoms with van der Waals surface area (Å²) >= 11 is 1.83. The molecule has 108 valence electrons. The van der Waals surface area contributed by atoms with Crippen molar-refractivity contribution in [3.8, 4) is 0 Å². The molecule has 0 aliphatic heterocycles. The van der Waals surface area contributed by atoms with Crippen LogP contribution in [0.25, 0.3) is 21.9 Å². The predicted octanol–water partition coefficient (Wildman–Crippen LogP) is 3.89. The van der Waals surface area contributed by atoms with E-state index in [1.54, 1.807) is 0 Å². The molecule has 3 heterocycles. The molecule has 1 aliphatic rings. The number of hydrogen-bond donors (Lipinski definition) is 0. The highest BCUT2D eigenvalue weighted by atomic mass is 32.1. The van der Waals surface area contributed by atoms with Crippen LogP contribution in [0.3, 0.4) is 0 Å². The Labute approximate surface area is 127 Å². The van der Waals surface area contributed by atoms with Crippen molar-refractivity contribution in [2.75, 3.05) is 0 Å². The lowest BCUT2D eigenvalue weighted by Crippen LogP contribution is -2.08. The standard InChI is InChI=1S/C16H18N4S/c1-9(2)6-13-18-19-15-14-11-5-4-10(3)7-12(11)21-16(14)17-8-20(13)15/h6,8,10H,4-5,7H2,1-3H3/t10-/m1/s1. The zero-order valence-electron chi connectivity index (χ0n) is 12.6. The van der Waals surface area contributed by atoms with Gasteiger partial charge in [0, 0.05) is 4.88 Å². The normalized spacial score (nSPS) is 18.1. The summed E-state index contributed by atoms with van der Waals surface area (Å²) in [6.45, 7) is 6.47. The Kier molecular flexibility index (Phi) is 2.85. The van der Waals surface area contributed by atoms with E-state index in [0.717, 1.165) is 28.6 Å². The Morgan fingerprint density at radius 3 is 3.05 bits per heavy atom. The molecule has 3 aromatic rings. The minimum atomic E-state index is 0.778. The van der Waals surface area contributed by atoms with Crippen LogP contribution in [0.2, 0.25) is 0 Å². The first-order valence-electron chi connectivity index (χ1n) is 7.42. The summed E-state index contributed by atoms with van der Waals surface area (Å²) in [6, 6.07) is 0. The van der Waals surface area contributed by atoms with Crippen molar-refractivity contribution in [2.45, 2.75) is 40.0 Å². The number of fused-ring (bicyclic) bond motifs is 5. The topological polar surface area (TPSA) is 43.1 Å². The maximum Gasteiger partial charge on any atom is 0.172 e. The van der Waals surface area contributed by atoms with Gasteiger partial charge in [-0.15, -0.1) is 21.5 Å². The van der Waals surface area contributed by atoms with Crippen molar-refractivity contribution in [2.24, 2.45) is 5.92 Å². The molecule has 0 N–H and O–H groups in total. The highest BCUT2D eigenvalue weighted by Crippen LogP contribution is 2.38. The second kappa shape index (κ2) is 4.63. The van der Waals surface area contributed by atoms with Gasteiger partial charge in [-0.05, 0) is 50.7 Å². The SMILES string of the molecule is CC(C)=Cc1nnc2c3c4c(sc3ncn12)C[C@H](C)CC4. The maximum absolute atomic E-state index is 4.65. The van der Waals surface area contributed by atoms with Crippen LogP contribution in [-0.4, -0.2) is 19.6 Å². The smallest absolute Gasteiger partial charge is 0.172 e. The Bertz CT molecular complexity index is 867. The van der Waals surface area contributed by atoms with E-state index >= 15 is 0 Å². The van der Waals surface area contributed by atoms with Crippen LogP contribution >= 0.6 is 11.3 Å². The third kappa shape index (κ3) is 1.99. The lowest BCUT2D eigenvalue weighted by Gasteiger charge is -2.17. The first-order chi connectivity index (χ1) is 10.1. The van der Waals surface area contributed by atoms with Crippen molar-refractivity contribution in [3.05, 3.63) is 28.2 Å². The molecule has 0 saturated carbocycles. The third-order valence-electron chi connectivity index (χ3n) is 4.15. The summed E-state index contributed by atoms with van der Waals surface area (Å²) in [4.78, 5) is 7.26. The Morgan fingerprint density at radius 2 is 2.24 bits per heavy atom. The number of aryl methyl sites for hydroxylation is 1. The van der Waals surface area contributed by atoms with Gasteiger partial charge in [0.15, 0.2) is 11.5 Å². The molecular weight excluding hydrogens is 280 g/mol. The highest BCUT2D eigenvalue weighted by Gasteiger charge is 2.23. The van der Waals surface area contributed by atoms with Gasteiger partial charge in [-0.2, -0.15) is 0 Å². The van der Waals surface area contributed by atoms with Crippen LogP contribution < -0.4 is 0 Å². The van der Waals surface area contributed by atoms with Crippen LogP contribution in [0.15, 0.2) is 11.9 Å². The average Bonchev–Trinajstić information content (AvgIpc) is 2.98. The zero-order valence-corrected chi connectivity index (χ0v) is 13.4. The van der Waals surface area contributed by atoms with Crippen LogP contribution in [0.5, 0.6) is 0 Å². The van der Waals surface area contributed by atoms with Crippen molar-refractivity contribution < 1.29 is 0 Å². The fourth-order valence-corrected chi connectivity index (χ4v) is 4.46. The number of thiophene rings is 1. The minimum Gasteiger partial charge on any atom is -0.265 e. The minimum absolute atomic E-state index is 0.778. The number of aromatic nitrogens is 4. The molecule has 4 nitrogen and oxygen atoms in total. The molecule has 0 amide bonds. The molecule has 0 fully saturated rings. The van der Waals surface area contributed by atoms with Gasteiger partial charge in [-0.3, -0.25) is 4.40 Å². The number of allylic oxidation sites excluding steroid dienone is 1. The Morgan fingerprint density at radius 1 is 1.38 bits per heavy atom. The average molecular weight is 298 g/mol. The van der Waals surface area contributed by atoms with Crippen molar-refractivity contribution >= 4 is 33.3 Å². The predicted molar refractivity (Wildman–Crippen MR) is 86.7 cm³/mol. The van der Waals surface area contributed by atoms with Crippen LogP contribution in [0, 0.1) is 5.92 Å². The molecule has 3 aromatic heterocycles. The van der Waals surface area contributed by atoms with E-state index < -0.39 is 0 Å². The second-order valence-corrected chi connectivity index (χ2v) is 7.33. The molecule has 4 rings (SSSR count). The van der Waals surface area contributed by atoms with Crippen molar-refractivity contribution in [3.63, 3.8) is 0 Å². The summed E-state index contributed by atoms with van der Waals surface area (Å²) in [5, 5.41) is 9.99. The molecule has 5 heteroatoms. The van der Waals surface area contributed by atoms with E-state index in [9.17, 15) is 0 Å². The maximum atomic E-state index is 4.65. The number of hydrogen-bond acceptors (Lipinski definition) is 4. The van der Waals surface area contributed by atoms with E-state index in [0.29, 0.717) is 0 Å². The molecule has 21 heavy (non-hydrogen) atoms. The molecule has 0 saturated heterocycles. The van der Waals surface area contributed by atoms with Gasteiger partial charge in [0.05, 0.1) is 5.39 Å². The molecule has 0 spiro atoms. The van der Waals surface area contributed by atoms with E-state index in [1.807, 2.05) is 22.1 Å². The summed E-state index contributed by atoms with van der Waals surface area (Å²) in [6.07, 6.45) is 7.49. The van der Waals surface area contributed by atoms with Gasteiger partial charge in [-0.25, -0.2) is 4.98 Å². The van der Waals surface area contributed by atoms with E-state index in [1.165, 1.54) is 34.2 Å². The van der Waals surface area contributed by atoms with Gasteiger partial charge in [0.1, 0.15) is 11.2 Å². The first-order valence-corrected chi connectivity index (χ1v) is 8.24. The Balaban J connectivity index is 2.01. The summed E-state index contributed by atoms with van der Waals surface area (Å²) in [7, 11) is 0. The van der Waals surface area contributed by atoms with Crippen LogP contribution in [-0.2, 0) is 12.8 Å². The monoisotopic (exact) mass is 298 g/mol. The summed E-state index contributed by atoms with van der Waals surface area (Å²) < 4.78 is 2.01. The molecule has 0 radical (unpaired) electrons. The molecule has 1 aliphatic carbocycles. The van der Waals surface area contributed by atoms with Crippen molar-refractivity contribution in [1.29, 1.82) is 0 Å². The molecule has 0 bridgehead atoms. The lowest BCUT2D eigenvalue weighted by atomic mass is 9.89. The lowest BCUT2D eigenvalue weighted by molar-refractivity contribution is 0.509. The third-order valence-corrected chi connectivity index (χ3v) is 5.31. The molecular formula is C16H18N4S. The van der Waals surface area contributed by atoms with Gasteiger partial charge in [0.2, 0.25) is 0 Å². The summed E-state index contributed by atoms with van der Waals surface area (Å²) in [5.41, 5.74) is 3.63. The molecule has 0 unspecified atom stereocenters. The van der Waals surface area contributed by atoms with Crippen molar-refractivity contribution in [1.82, 2.24) is 19.6 Å². The van der Waals surface area contributed by atoms with E-state index in [-0.39, 0.29) is 0 Å². The van der Waals surface area contributed by atoms with Gasteiger partial charge >= 0.3 is 0 Å². The van der Waals surface area contributed by atoms with Crippen LogP contribution in [0.4, 0.5) is 0 Å². The Hall–Kier alpha value is -1.75. The van der Waals surface area contributed by atoms with E-state index in [4.69, 9.17) is 0 Å². The molecule has 1 atom stereocenters. The van der Waals surface area contributed by atoms with Crippen LogP contribution in [0.1, 0.15) is 43.5 Å². The quantitative estimate of drug-likeness (QED) is 0.684. The number of nitrogens with zero attached hydrogens (tertiary/aromatic N) is 4. The van der Waals surface area contributed by atoms with Gasteiger partial charge < -0.3 is 0 Å². The fourth-order valence-electron chi connectivity index (χ4n) is 3.11. The first kappa shape index (κ1) is 13.0. The highest BCUT2D eigenvalue weighted by molar-refractivity contribution is 7.19. The largest absolute Gasteiger partial charge is 0.265 e. The zero-order chi connectivity index (χ0) is 14.6. The van der Waals surface area contributed by atoms with E-state index in [2.05, 4.69) is 42.0 Å².